The molecule has 19 heavy (non-hydrogen) atoms. The molecule has 0 bridgehead atoms. The van der Waals surface area contributed by atoms with Gasteiger partial charge in [0.05, 0.1) is 12.7 Å². The first-order valence-corrected chi connectivity index (χ1v) is 6.84. The maximum absolute atomic E-state index is 12.3. The van der Waals surface area contributed by atoms with E-state index in [-0.39, 0.29) is 11.9 Å². The highest BCUT2D eigenvalue weighted by atomic mass is 16.5. The van der Waals surface area contributed by atoms with Crippen LogP contribution in [-0.2, 0) is 0 Å². The molecule has 0 heterocycles. The summed E-state index contributed by atoms with van der Waals surface area (Å²) in [5.41, 5.74) is 6.84. The molecule has 1 amide bonds. The molecule has 1 aliphatic rings. The number of methoxy groups -OCH3 is 1. The number of hydrogen-bond donors (Lipinski definition) is 2. The molecule has 1 aromatic rings. The molecule has 0 saturated heterocycles. The predicted molar refractivity (Wildman–Crippen MR) is 76.3 cm³/mol. The molecule has 4 nitrogen and oxygen atoms in total. The fraction of sp³-hybridized carbons (Fsp3) is 0.533. The standard InChI is InChI=1S/C15H22N2O2/c1-10-3-6-12(7-4-10)17-15(18)13-8-5-11(16)9-14(13)19-2/h5,8-10,12H,3-4,6-7,16H2,1-2H3,(H,17,18). The van der Waals surface area contributed by atoms with E-state index in [1.807, 2.05) is 0 Å². The van der Waals surface area contributed by atoms with Crippen molar-refractivity contribution in [2.75, 3.05) is 12.8 Å². The minimum absolute atomic E-state index is 0.0728. The lowest BCUT2D eigenvalue weighted by Crippen LogP contribution is -2.37. The van der Waals surface area contributed by atoms with Crippen molar-refractivity contribution in [1.29, 1.82) is 0 Å². The van der Waals surface area contributed by atoms with Crippen LogP contribution in [0.4, 0.5) is 5.69 Å². The van der Waals surface area contributed by atoms with Gasteiger partial charge in [0, 0.05) is 17.8 Å². The van der Waals surface area contributed by atoms with Crippen molar-refractivity contribution in [3.05, 3.63) is 23.8 Å². The first kappa shape index (κ1) is 13.7. The minimum Gasteiger partial charge on any atom is -0.496 e. The molecule has 1 saturated carbocycles. The topological polar surface area (TPSA) is 64.3 Å². The Labute approximate surface area is 114 Å². The monoisotopic (exact) mass is 262 g/mol. The third kappa shape index (κ3) is 3.40. The van der Waals surface area contributed by atoms with Crippen LogP contribution in [0.3, 0.4) is 0 Å². The first-order valence-electron chi connectivity index (χ1n) is 6.84. The maximum atomic E-state index is 12.3. The Morgan fingerprint density at radius 3 is 2.63 bits per heavy atom. The molecule has 2 rings (SSSR count). The van der Waals surface area contributed by atoms with E-state index in [0.29, 0.717) is 17.0 Å². The van der Waals surface area contributed by atoms with E-state index < -0.39 is 0 Å². The van der Waals surface area contributed by atoms with Gasteiger partial charge in [-0.25, -0.2) is 0 Å². The minimum atomic E-state index is -0.0728. The molecule has 3 N–H and O–H groups in total. The zero-order chi connectivity index (χ0) is 13.8. The number of anilines is 1. The molecule has 0 atom stereocenters. The van der Waals surface area contributed by atoms with Crippen LogP contribution in [0.2, 0.25) is 0 Å². The average molecular weight is 262 g/mol. The summed E-state index contributed by atoms with van der Waals surface area (Å²) in [6.07, 6.45) is 4.49. The van der Waals surface area contributed by atoms with E-state index in [1.54, 1.807) is 25.3 Å². The number of rotatable bonds is 3. The lowest BCUT2D eigenvalue weighted by atomic mass is 9.87. The van der Waals surface area contributed by atoms with Gasteiger partial charge in [-0.3, -0.25) is 4.79 Å². The zero-order valence-corrected chi connectivity index (χ0v) is 11.6. The third-order valence-electron chi connectivity index (χ3n) is 3.82. The quantitative estimate of drug-likeness (QED) is 0.823. The van der Waals surface area contributed by atoms with Gasteiger partial charge in [0.2, 0.25) is 0 Å². The number of nitrogens with two attached hydrogens (primary N) is 1. The van der Waals surface area contributed by atoms with Crippen molar-refractivity contribution >= 4 is 11.6 Å². The van der Waals surface area contributed by atoms with Crippen LogP contribution in [0.5, 0.6) is 5.75 Å². The van der Waals surface area contributed by atoms with Crippen molar-refractivity contribution in [3.63, 3.8) is 0 Å². The molecule has 0 spiro atoms. The summed E-state index contributed by atoms with van der Waals surface area (Å²) in [5.74, 6) is 1.23. The van der Waals surface area contributed by atoms with Gasteiger partial charge in [-0.15, -0.1) is 0 Å². The van der Waals surface area contributed by atoms with E-state index in [9.17, 15) is 4.79 Å². The summed E-state index contributed by atoms with van der Waals surface area (Å²) in [5, 5.41) is 3.09. The Balaban J connectivity index is 2.03. The fourth-order valence-electron chi connectivity index (χ4n) is 2.56. The molecule has 0 aliphatic heterocycles. The van der Waals surface area contributed by atoms with Crippen molar-refractivity contribution in [3.8, 4) is 5.75 Å². The predicted octanol–water partition coefficient (Wildman–Crippen LogP) is 2.59. The Bertz CT molecular complexity index is 451. The van der Waals surface area contributed by atoms with Crippen molar-refractivity contribution in [2.45, 2.75) is 38.6 Å². The SMILES string of the molecule is COc1cc(N)ccc1C(=O)NC1CCC(C)CC1. The normalized spacial score (nSPS) is 22.8. The van der Waals surface area contributed by atoms with Gasteiger partial charge in [-0.2, -0.15) is 0 Å². The molecule has 0 unspecified atom stereocenters. The van der Waals surface area contributed by atoms with E-state index in [1.165, 1.54) is 12.8 Å². The van der Waals surface area contributed by atoms with E-state index in [4.69, 9.17) is 10.5 Å². The second-order valence-corrected chi connectivity index (χ2v) is 5.39. The number of amides is 1. The number of nitrogen functional groups attached to an aromatic ring is 1. The van der Waals surface area contributed by atoms with Gasteiger partial charge in [-0.1, -0.05) is 6.92 Å². The maximum Gasteiger partial charge on any atom is 0.255 e. The highest BCUT2D eigenvalue weighted by Crippen LogP contribution is 2.25. The second kappa shape index (κ2) is 5.95. The number of carbonyl (C=O) groups is 1. The average Bonchev–Trinajstić information content (AvgIpc) is 2.41. The number of benzene rings is 1. The molecular weight excluding hydrogens is 240 g/mol. The van der Waals surface area contributed by atoms with Crippen LogP contribution in [0.15, 0.2) is 18.2 Å². The molecule has 104 valence electrons. The van der Waals surface area contributed by atoms with Crippen LogP contribution in [0.25, 0.3) is 0 Å². The largest absolute Gasteiger partial charge is 0.496 e. The molecule has 1 aromatic carbocycles. The fourth-order valence-corrected chi connectivity index (χ4v) is 2.56. The lowest BCUT2D eigenvalue weighted by molar-refractivity contribution is 0.0920. The molecule has 1 aliphatic carbocycles. The number of carbonyl (C=O) groups excluding carboxylic acids is 1. The van der Waals surface area contributed by atoms with Crippen LogP contribution in [0.1, 0.15) is 43.0 Å². The Kier molecular flexibility index (Phi) is 4.30. The van der Waals surface area contributed by atoms with Gasteiger partial charge in [0.25, 0.3) is 5.91 Å². The van der Waals surface area contributed by atoms with Gasteiger partial charge >= 0.3 is 0 Å². The Morgan fingerprint density at radius 2 is 2.00 bits per heavy atom. The summed E-state index contributed by atoms with van der Waals surface area (Å²) in [6, 6.07) is 5.40. The van der Waals surface area contributed by atoms with Gasteiger partial charge in [0.1, 0.15) is 5.75 Å². The summed E-state index contributed by atoms with van der Waals surface area (Å²) >= 11 is 0. The molecule has 1 fully saturated rings. The number of nitrogens with one attached hydrogen (secondary N) is 1. The number of hydrogen-bond acceptors (Lipinski definition) is 3. The number of ether oxygens (including phenoxy) is 1. The Hall–Kier alpha value is -1.71. The second-order valence-electron chi connectivity index (χ2n) is 5.39. The lowest BCUT2D eigenvalue weighted by Gasteiger charge is -2.27. The van der Waals surface area contributed by atoms with Crippen LogP contribution in [0, 0.1) is 5.92 Å². The van der Waals surface area contributed by atoms with E-state index >= 15 is 0 Å². The molecular formula is C15H22N2O2. The molecule has 0 aromatic heterocycles. The molecule has 0 radical (unpaired) electrons. The first-order chi connectivity index (χ1) is 9.10. The van der Waals surface area contributed by atoms with Crippen molar-refractivity contribution < 1.29 is 9.53 Å². The van der Waals surface area contributed by atoms with Crippen molar-refractivity contribution in [2.24, 2.45) is 5.92 Å². The van der Waals surface area contributed by atoms with Crippen LogP contribution in [-0.4, -0.2) is 19.1 Å². The smallest absolute Gasteiger partial charge is 0.255 e. The zero-order valence-electron chi connectivity index (χ0n) is 11.6. The highest BCUT2D eigenvalue weighted by Gasteiger charge is 2.21. The molecule has 4 heteroatoms. The summed E-state index contributed by atoms with van der Waals surface area (Å²) in [7, 11) is 1.55. The highest BCUT2D eigenvalue weighted by molar-refractivity contribution is 5.97. The Morgan fingerprint density at radius 1 is 1.32 bits per heavy atom. The summed E-state index contributed by atoms with van der Waals surface area (Å²) in [4.78, 5) is 12.3. The summed E-state index contributed by atoms with van der Waals surface area (Å²) < 4.78 is 5.21. The van der Waals surface area contributed by atoms with E-state index in [0.717, 1.165) is 18.8 Å². The van der Waals surface area contributed by atoms with Gasteiger partial charge in [0.15, 0.2) is 0 Å². The third-order valence-corrected chi connectivity index (χ3v) is 3.82. The van der Waals surface area contributed by atoms with E-state index in [2.05, 4.69) is 12.2 Å². The van der Waals surface area contributed by atoms with Gasteiger partial charge in [-0.05, 0) is 43.7 Å². The summed E-state index contributed by atoms with van der Waals surface area (Å²) in [6.45, 7) is 2.26. The van der Waals surface area contributed by atoms with Gasteiger partial charge < -0.3 is 15.8 Å². The van der Waals surface area contributed by atoms with Crippen LogP contribution >= 0.6 is 0 Å². The van der Waals surface area contributed by atoms with Crippen molar-refractivity contribution in [1.82, 2.24) is 5.32 Å². The van der Waals surface area contributed by atoms with Crippen LogP contribution < -0.4 is 15.8 Å².